The summed E-state index contributed by atoms with van der Waals surface area (Å²) in [5.41, 5.74) is 4.27. The lowest BCUT2D eigenvalue weighted by atomic mass is 9.70. The van der Waals surface area contributed by atoms with Crippen molar-refractivity contribution in [1.82, 2.24) is 0 Å². The van der Waals surface area contributed by atoms with Crippen molar-refractivity contribution in [2.24, 2.45) is 5.41 Å². The number of ether oxygens (including phenoxy) is 1. The number of ketones is 2. The molecule has 0 saturated heterocycles. The zero-order valence-corrected chi connectivity index (χ0v) is 14.9. The van der Waals surface area contributed by atoms with Gasteiger partial charge in [0.25, 0.3) is 0 Å². The Bertz CT molecular complexity index is 696. The topological polar surface area (TPSA) is 43.4 Å². The highest BCUT2D eigenvalue weighted by Crippen LogP contribution is 2.39. The second-order valence-electron chi connectivity index (χ2n) is 7.24. The molecule has 1 fully saturated rings. The summed E-state index contributed by atoms with van der Waals surface area (Å²) in [6.45, 7) is 3.94. The van der Waals surface area contributed by atoms with Gasteiger partial charge in [-0.3, -0.25) is 9.59 Å². The summed E-state index contributed by atoms with van der Waals surface area (Å²) in [4.78, 5) is 24.6. The molecule has 0 N–H and O–H groups in total. The molecular formula is C21H26O3. The molecule has 1 aromatic rings. The number of Topliss-reactive ketones (excluding diaryl/α,β-unsaturated/α-hetero) is 2. The summed E-state index contributed by atoms with van der Waals surface area (Å²) in [5.74, 6) is 1.15. The maximum atomic E-state index is 12.3. The average Bonchev–Trinajstić information content (AvgIpc) is 2.58. The van der Waals surface area contributed by atoms with Crippen LogP contribution in [0.1, 0.15) is 62.1 Å². The van der Waals surface area contributed by atoms with Gasteiger partial charge in [-0.1, -0.05) is 12.1 Å². The predicted molar refractivity (Wildman–Crippen MR) is 95.2 cm³/mol. The van der Waals surface area contributed by atoms with Gasteiger partial charge in [-0.05, 0) is 74.3 Å². The zero-order chi connectivity index (χ0) is 17.3. The Morgan fingerprint density at radius 1 is 1.08 bits per heavy atom. The number of rotatable bonds is 3. The third kappa shape index (κ3) is 2.81. The van der Waals surface area contributed by atoms with Crippen LogP contribution in [0.4, 0.5) is 0 Å². The van der Waals surface area contributed by atoms with E-state index in [0.29, 0.717) is 25.7 Å². The van der Waals surface area contributed by atoms with Crippen molar-refractivity contribution in [2.45, 2.75) is 58.8 Å². The standard InChI is InChI=1S/C21H26O3/c1-14-16-7-4-6-15(17(16)10-11-18(14)24-3)12-13-21(2)19(22)8-5-9-20(21)23/h10-12H,4-9,13H2,1-3H3. The van der Waals surface area contributed by atoms with Gasteiger partial charge in [-0.15, -0.1) is 0 Å². The fourth-order valence-electron chi connectivity index (χ4n) is 4.05. The number of methoxy groups -OCH3 is 1. The normalized spacial score (nSPS) is 21.7. The first-order valence-electron chi connectivity index (χ1n) is 8.90. The van der Waals surface area contributed by atoms with Crippen molar-refractivity contribution in [3.05, 3.63) is 34.9 Å². The molecule has 128 valence electrons. The smallest absolute Gasteiger partial charge is 0.146 e. The maximum absolute atomic E-state index is 12.3. The monoisotopic (exact) mass is 326 g/mol. The van der Waals surface area contributed by atoms with Crippen LogP contribution in [-0.4, -0.2) is 18.7 Å². The molecule has 0 aromatic heterocycles. The lowest BCUT2D eigenvalue weighted by molar-refractivity contribution is -0.142. The fourth-order valence-corrected chi connectivity index (χ4v) is 4.05. The molecular weight excluding hydrogens is 300 g/mol. The molecule has 3 heteroatoms. The van der Waals surface area contributed by atoms with Crippen molar-refractivity contribution < 1.29 is 14.3 Å². The van der Waals surface area contributed by atoms with E-state index in [1.165, 1.54) is 22.3 Å². The van der Waals surface area contributed by atoms with Gasteiger partial charge in [0.15, 0.2) is 0 Å². The van der Waals surface area contributed by atoms with Crippen LogP contribution in [0, 0.1) is 12.3 Å². The lowest BCUT2D eigenvalue weighted by Gasteiger charge is -2.30. The largest absolute Gasteiger partial charge is 0.496 e. The minimum Gasteiger partial charge on any atom is -0.496 e. The third-order valence-electron chi connectivity index (χ3n) is 5.78. The highest BCUT2D eigenvalue weighted by Gasteiger charge is 2.41. The van der Waals surface area contributed by atoms with Gasteiger partial charge in [0.1, 0.15) is 17.3 Å². The zero-order valence-electron chi connectivity index (χ0n) is 14.9. The first kappa shape index (κ1) is 16.9. The average molecular weight is 326 g/mol. The number of benzene rings is 1. The van der Waals surface area contributed by atoms with E-state index < -0.39 is 5.41 Å². The Balaban J connectivity index is 1.92. The molecule has 3 nitrogen and oxygen atoms in total. The van der Waals surface area contributed by atoms with E-state index in [2.05, 4.69) is 19.1 Å². The molecule has 1 aromatic carbocycles. The first-order chi connectivity index (χ1) is 11.5. The SMILES string of the molecule is COc1ccc2c(c1C)CCCC2=CCC1(C)C(=O)CCCC1=O. The summed E-state index contributed by atoms with van der Waals surface area (Å²) in [5, 5.41) is 0. The maximum Gasteiger partial charge on any atom is 0.146 e. The van der Waals surface area contributed by atoms with Crippen LogP contribution < -0.4 is 4.74 Å². The summed E-state index contributed by atoms with van der Waals surface area (Å²) in [7, 11) is 1.70. The van der Waals surface area contributed by atoms with E-state index in [-0.39, 0.29) is 11.6 Å². The van der Waals surface area contributed by atoms with Crippen molar-refractivity contribution >= 4 is 17.1 Å². The van der Waals surface area contributed by atoms with Gasteiger partial charge in [0.05, 0.1) is 12.5 Å². The van der Waals surface area contributed by atoms with Gasteiger partial charge in [0, 0.05) is 12.8 Å². The minimum atomic E-state index is -0.815. The Kier molecular flexibility index (Phi) is 4.62. The molecule has 0 radical (unpaired) electrons. The third-order valence-corrected chi connectivity index (χ3v) is 5.78. The number of fused-ring (bicyclic) bond motifs is 1. The van der Waals surface area contributed by atoms with Crippen LogP contribution in [0.25, 0.3) is 5.57 Å². The molecule has 24 heavy (non-hydrogen) atoms. The Hall–Kier alpha value is -1.90. The summed E-state index contributed by atoms with van der Waals surface area (Å²) in [6.07, 6.45) is 7.64. The van der Waals surface area contributed by atoms with Crippen LogP contribution in [0.3, 0.4) is 0 Å². The van der Waals surface area contributed by atoms with Crippen LogP contribution in [0.5, 0.6) is 5.75 Å². The molecule has 0 bridgehead atoms. The van der Waals surface area contributed by atoms with Gasteiger partial charge in [-0.25, -0.2) is 0 Å². The molecule has 0 spiro atoms. The number of hydrogen-bond acceptors (Lipinski definition) is 3. The first-order valence-corrected chi connectivity index (χ1v) is 8.90. The van der Waals surface area contributed by atoms with Crippen LogP contribution in [0.2, 0.25) is 0 Å². The molecule has 1 saturated carbocycles. The van der Waals surface area contributed by atoms with E-state index >= 15 is 0 Å². The number of carbonyl (C=O) groups is 2. The quantitative estimate of drug-likeness (QED) is 0.771. The Labute approximate surface area is 144 Å². The van der Waals surface area contributed by atoms with E-state index in [0.717, 1.165) is 25.0 Å². The number of allylic oxidation sites excluding steroid dienone is 2. The van der Waals surface area contributed by atoms with E-state index in [1.807, 2.05) is 13.0 Å². The predicted octanol–water partition coefficient (Wildman–Crippen LogP) is 4.44. The van der Waals surface area contributed by atoms with Crippen molar-refractivity contribution in [3.63, 3.8) is 0 Å². The summed E-state index contributed by atoms with van der Waals surface area (Å²) >= 11 is 0. The Morgan fingerprint density at radius 3 is 2.42 bits per heavy atom. The van der Waals surface area contributed by atoms with Gasteiger partial charge in [0.2, 0.25) is 0 Å². The van der Waals surface area contributed by atoms with Gasteiger partial charge >= 0.3 is 0 Å². The molecule has 0 amide bonds. The molecule has 2 aliphatic carbocycles. The molecule has 2 aliphatic rings. The number of carbonyl (C=O) groups excluding carboxylic acids is 2. The number of hydrogen-bond donors (Lipinski definition) is 0. The van der Waals surface area contributed by atoms with Gasteiger partial charge < -0.3 is 4.74 Å². The van der Waals surface area contributed by atoms with Crippen LogP contribution in [-0.2, 0) is 16.0 Å². The molecule has 0 atom stereocenters. The minimum absolute atomic E-state index is 0.109. The van der Waals surface area contributed by atoms with Crippen molar-refractivity contribution in [1.29, 1.82) is 0 Å². The summed E-state index contributed by atoms with van der Waals surface area (Å²) < 4.78 is 5.44. The molecule has 0 unspecified atom stereocenters. The molecule has 0 aliphatic heterocycles. The molecule has 0 heterocycles. The Morgan fingerprint density at radius 2 is 1.75 bits per heavy atom. The second kappa shape index (κ2) is 6.54. The van der Waals surface area contributed by atoms with Crippen LogP contribution in [0.15, 0.2) is 18.2 Å². The van der Waals surface area contributed by atoms with Crippen molar-refractivity contribution in [2.75, 3.05) is 7.11 Å². The highest BCUT2D eigenvalue weighted by atomic mass is 16.5. The van der Waals surface area contributed by atoms with E-state index in [9.17, 15) is 9.59 Å². The van der Waals surface area contributed by atoms with Crippen LogP contribution >= 0.6 is 0 Å². The fraction of sp³-hybridized carbons (Fsp3) is 0.524. The lowest BCUT2D eigenvalue weighted by Crippen LogP contribution is -2.39. The van der Waals surface area contributed by atoms with Gasteiger partial charge in [-0.2, -0.15) is 0 Å². The van der Waals surface area contributed by atoms with E-state index in [1.54, 1.807) is 7.11 Å². The van der Waals surface area contributed by atoms with E-state index in [4.69, 9.17) is 4.74 Å². The highest BCUT2D eigenvalue weighted by molar-refractivity contribution is 6.08. The second-order valence-corrected chi connectivity index (χ2v) is 7.24. The summed E-state index contributed by atoms with van der Waals surface area (Å²) in [6, 6.07) is 4.14. The van der Waals surface area contributed by atoms with Crippen molar-refractivity contribution in [3.8, 4) is 5.75 Å². The molecule has 3 rings (SSSR count).